The molecule has 8 nitrogen and oxygen atoms in total. The fourth-order valence-electron chi connectivity index (χ4n) is 4.88. The summed E-state index contributed by atoms with van der Waals surface area (Å²) in [6, 6.07) is 13.6. The van der Waals surface area contributed by atoms with Gasteiger partial charge in [0.1, 0.15) is 11.4 Å². The van der Waals surface area contributed by atoms with Gasteiger partial charge in [0.2, 0.25) is 11.8 Å². The molecule has 5 rings (SSSR count). The molecular weight excluding hydrogens is 524 g/mol. The summed E-state index contributed by atoms with van der Waals surface area (Å²) in [5.41, 5.74) is 0.559. The molecule has 1 fully saturated rings. The van der Waals surface area contributed by atoms with Gasteiger partial charge in [0.25, 0.3) is 11.8 Å². The van der Waals surface area contributed by atoms with Crippen molar-refractivity contribution in [2.24, 2.45) is 10.9 Å². The quantitative estimate of drug-likeness (QED) is 0.462. The van der Waals surface area contributed by atoms with Gasteiger partial charge in [-0.25, -0.2) is 14.4 Å². The van der Waals surface area contributed by atoms with Crippen molar-refractivity contribution in [3.8, 4) is 5.88 Å². The van der Waals surface area contributed by atoms with Gasteiger partial charge in [-0.2, -0.15) is 9.37 Å². The standard InChI is InChI=1S/C28H29F2N5O3S/c1-16(2)38-13-18-9-10-22(29)21(11-18)28-15-35(26-31-17(3)23(30)25(37)32-26)12-20(28)14-39-27(34-28)33-24(36)19-7-5-4-6-8-19/h4-11,16,20H,12-15H2,1-3H3,(H,31,32,37)(H,33,34,36)/t20-,28-/m0/s1. The topological polar surface area (TPSA) is 99.9 Å². The molecule has 204 valence electrons. The number of amidine groups is 1. The lowest BCUT2D eigenvalue weighted by atomic mass is 9.81. The van der Waals surface area contributed by atoms with Gasteiger partial charge in [-0.15, -0.1) is 0 Å². The SMILES string of the molecule is Cc1nc(N2C[C@H]3CSC(NC(=O)c4ccccc4)=N[C@@]3(c3cc(COC(C)C)ccc3F)C2)nc(O)c1F. The number of nitrogens with one attached hydrogen (secondary N) is 1. The summed E-state index contributed by atoms with van der Waals surface area (Å²) in [4.78, 5) is 27.9. The van der Waals surface area contributed by atoms with E-state index in [0.29, 0.717) is 35.2 Å². The molecule has 0 bridgehead atoms. The summed E-state index contributed by atoms with van der Waals surface area (Å²) < 4.78 is 35.4. The van der Waals surface area contributed by atoms with Crippen LogP contribution in [0.2, 0.25) is 0 Å². The zero-order valence-corrected chi connectivity index (χ0v) is 22.6. The van der Waals surface area contributed by atoms with Crippen LogP contribution in [0.1, 0.15) is 41.0 Å². The number of aromatic nitrogens is 2. The van der Waals surface area contributed by atoms with Crippen molar-refractivity contribution in [1.29, 1.82) is 0 Å². The van der Waals surface area contributed by atoms with E-state index in [4.69, 9.17) is 9.73 Å². The third-order valence-electron chi connectivity index (χ3n) is 6.88. The lowest BCUT2D eigenvalue weighted by molar-refractivity contribution is 0.0655. The number of halogens is 2. The summed E-state index contributed by atoms with van der Waals surface area (Å²) >= 11 is 1.38. The van der Waals surface area contributed by atoms with Gasteiger partial charge in [-0.3, -0.25) is 4.79 Å². The molecule has 1 saturated heterocycles. The second-order valence-electron chi connectivity index (χ2n) is 9.97. The molecular formula is C28H29F2N5O3S. The number of aliphatic imine (C=N–C) groups is 1. The smallest absolute Gasteiger partial charge is 0.257 e. The summed E-state index contributed by atoms with van der Waals surface area (Å²) in [5.74, 6) is -1.89. The minimum absolute atomic E-state index is 0.00170. The first kappa shape index (κ1) is 27.0. The Bertz CT molecular complexity index is 1400. The normalized spacial score (nSPS) is 20.6. The highest BCUT2D eigenvalue weighted by atomic mass is 32.2. The zero-order valence-electron chi connectivity index (χ0n) is 21.8. The Kier molecular flexibility index (Phi) is 7.55. The molecule has 1 aromatic heterocycles. The molecule has 0 aliphatic carbocycles. The maximum absolute atomic E-state index is 15.6. The highest BCUT2D eigenvalue weighted by molar-refractivity contribution is 8.13. The van der Waals surface area contributed by atoms with Crippen molar-refractivity contribution in [3.05, 3.63) is 82.5 Å². The molecule has 0 spiro atoms. The number of hydrogen-bond donors (Lipinski definition) is 2. The number of ether oxygens (including phenoxy) is 1. The molecule has 39 heavy (non-hydrogen) atoms. The second-order valence-corrected chi connectivity index (χ2v) is 11.0. The summed E-state index contributed by atoms with van der Waals surface area (Å²) in [6.07, 6.45) is 0.00170. The molecule has 11 heteroatoms. The van der Waals surface area contributed by atoms with Gasteiger partial charge in [-0.1, -0.05) is 36.0 Å². The van der Waals surface area contributed by atoms with Crippen LogP contribution in [-0.2, 0) is 16.9 Å². The van der Waals surface area contributed by atoms with E-state index in [0.717, 1.165) is 5.56 Å². The predicted molar refractivity (Wildman–Crippen MR) is 146 cm³/mol. The van der Waals surface area contributed by atoms with Crippen LogP contribution in [0.15, 0.2) is 53.5 Å². The first-order valence-corrected chi connectivity index (χ1v) is 13.6. The molecule has 2 aromatic carbocycles. The monoisotopic (exact) mass is 553 g/mol. The van der Waals surface area contributed by atoms with Crippen LogP contribution >= 0.6 is 11.8 Å². The number of aryl methyl sites for hydroxylation is 1. The summed E-state index contributed by atoms with van der Waals surface area (Å²) in [6.45, 7) is 6.17. The number of nitrogens with zero attached hydrogens (tertiary/aromatic N) is 4. The number of aromatic hydroxyl groups is 1. The highest BCUT2D eigenvalue weighted by Gasteiger charge is 2.52. The van der Waals surface area contributed by atoms with E-state index < -0.39 is 23.1 Å². The molecule has 1 amide bonds. The number of fused-ring (bicyclic) bond motifs is 1. The van der Waals surface area contributed by atoms with Crippen LogP contribution in [-0.4, -0.2) is 51.1 Å². The largest absolute Gasteiger partial charge is 0.491 e. The van der Waals surface area contributed by atoms with Gasteiger partial charge in [0.05, 0.1) is 24.9 Å². The Hall–Kier alpha value is -3.57. The van der Waals surface area contributed by atoms with Crippen molar-refractivity contribution in [1.82, 2.24) is 15.3 Å². The average molecular weight is 554 g/mol. The van der Waals surface area contributed by atoms with E-state index in [9.17, 15) is 14.3 Å². The van der Waals surface area contributed by atoms with E-state index in [2.05, 4.69) is 15.3 Å². The van der Waals surface area contributed by atoms with Crippen molar-refractivity contribution in [2.75, 3.05) is 23.7 Å². The van der Waals surface area contributed by atoms with Gasteiger partial charge in [0.15, 0.2) is 5.17 Å². The molecule has 2 atom stereocenters. The molecule has 2 aliphatic heterocycles. The lowest BCUT2D eigenvalue weighted by Crippen LogP contribution is -2.43. The van der Waals surface area contributed by atoms with Crippen molar-refractivity contribution in [2.45, 2.75) is 39.0 Å². The van der Waals surface area contributed by atoms with Crippen molar-refractivity contribution in [3.63, 3.8) is 0 Å². The number of hydrogen-bond acceptors (Lipinski definition) is 8. The minimum Gasteiger partial charge on any atom is -0.491 e. The Balaban J connectivity index is 1.56. The zero-order chi connectivity index (χ0) is 27.7. The molecule has 0 unspecified atom stereocenters. The average Bonchev–Trinajstić information content (AvgIpc) is 3.31. The molecule has 0 radical (unpaired) electrons. The Morgan fingerprint density at radius 1 is 1.23 bits per heavy atom. The Morgan fingerprint density at radius 2 is 2.00 bits per heavy atom. The number of thioether (sulfide) groups is 1. The van der Waals surface area contributed by atoms with Crippen LogP contribution in [0.5, 0.6) is 5.88 Å². The van der Waals surface area contributed by atoms with Gasteiger partial charge >= 0.3 is 0 Å². The van der Waals surface area contributed by atoms with E-state index in [-0.39, 0.29) is 36.1 Å². The number of amides is 1. The van der Waals surface area contributed by atoms with Crippen LogP contribution < -0.4 is 10.2 Å². The highest BCUT2D eigenvalue weighted by Crippen LogP contribution is 2.47. The number of carbonyl (C=O) groups is 1. The van der Waals surface area contributed by atoms with Crippen LogP contribution in [0.25, 0.3) is 0 Å². The maximum atomic E-state index is 15.6. The number of rotatable bonds is 6. The molecule has 3 aromatic rings. The number of anilines is 1. The maximum Gasteiger partial charge on any atom is 0.257 e. The Morgan fingerprint density at radius 3 is 2.72 bits per heavy atom. The third kappa shape index (κ3) is 5.46. The number of benzene rings is 2. The lowest BCUT2D eigenvalue weighted by Gasteiger charge is -2.36. The molecule has 2 N–H and O–H groups in total. The summed E-state index contributed by atoms with van der Waals surface area (Å²) in [7, 11) is 0. The van der Waals surface area contributed by atoms with Gasteiger partial charge < -0.3 is 20.1 Å². The fourth-order valence-corrected chi connectivity index (χ4v) is 6.01. The second kappa shape index (κ2) is 10.9. The van der Waals surface area contributed by atoms with Crippen LogP contribution in [0, 0.1) is 24.5 Å². The molecule has 3 heterocycles. The minimum atomic E-state index is -1.09. The van der Waals surface area contributed by atoms with Crippen molar-refractivity contribution < 1.29 is 23.4 Å². The Labute approximate surface area is 229 Å². The first-order chi connectivity index (χ1) is 18.7. The van der Waals surface area contributed by atoms with Crippen LogP contribution in [0.4, 0.5) is 14.7 Å². The number of carbonyl (C=O) groups excluding carboxylic acids is 1. The van der Waals surface area contributed by atoms with E-state index in [1.54, 1.807) is 41.3 Å². The molecule has 2 aliphatic rings. The van der Waals surface area contributed by atoms with Crippen LogP contribution in [0.3, 0.4) is 0 Å². The van der Waals surface area contributed by atoms with E-state index in [1.807, 2.05) is 19.9 Å². The van der Waals surface area contributed by atoms with E-state index >= 15 is 4.39 Å². The van der Waals surface area contributed by atoms with Gasteiger partial charge in [-0.05, 0) is 50.6 Å². The summed E-state index contributed by atoms with van der Waals surface area (Å²) in [5, 5.41) is 13.3. The fraction of sp³-hybridized carbons (Fsp3) is 0.357. The third-order valence-corrected chi connectivity index (χ3v) is 7.91. The first-order valence-electron chi connectivity index (χ1n) is 12.6. The van der Waals surface area contributed by atoms with Crippen molar-refractivity contribution >= 4 is 28.8 Å². The molecule has 0 saturated carbocycles. The van der Waals surface area contributed by atoms with E-state index in [1.165, 1.54) is 24.8 Å². The predicted octanol–water partition coefficient (Wildman–Crippen LogP) is 4.56. The van der Waals surface area contributed by atoms with Gasteiger partial charge in [0, 0.05) is 29.3 Å².